The third kappa shape index (κ3) is 3.92. The molecule has 5 heterocycles. The number of H-pyrrole nitrogens is 1. The minimum absolute atomic E-state index is 0.0234. The molecule has 1 aromatic heterocycles. The van der Waals surface area contributed by atoms with Crippen molar-refractivity contribution in [3.63, 3.8) is 0 Å². The molecule has 5 rings (SSSR count). The average molecular weight is 479 g/mol. The van der Waals surface area contributed by atoms with E-state index in [4.69, 9.17) is 0 Å². The third-order valence-corrected chi connectivity index (χ3v) is 6.00. The lowest BCUT2D eigenvalue weighted by molar-refractivity contribution is -0.115. The summed E-state index contributed by atoms with van der Waals surface area (Å²) in [5, 5.41) is 11.1. The molecule has 4 aliphatic heterocycles. The van der Waals surface area contributed by atoms with E-state index in [0.717, 1.165) is 0 Å². The highest BCUT2D eigenvalue weighted by atomic mass is 16.3. The Morgan fingerprint density at radius 3 is 1.89 bits per heavy atom. The molecule has 0 fully saturated rings. The van der Waals surface area contributed by atoms with Gasteiger partial charge in [-0.1, -0.05) is 0 Å². The van der Waals surface area contributed by atoms with Gasteiger partial charge in [-0.15, -0.1) is 0 Å². The number of aliphatic hydroxyl groups is 1. The second-order valence-corrected chi connectivity index (χ2v) is 8.76. The zero-order valence-corrected chi connectivity index (χ0v) is 20.1. The number of aliphatic imine (C=N–C) groups is 3. The third-order valence-electron chi connectivity index (χ3n) is 6.00. The summed E-state index contributed by atoms with van der Waals surface area (Å²) in [6.45, 7) is 5.56. The van der Waals surface area contributed by atoms with Crippen molar-refractivity contribution >= 4 is 51.9 Å². The van der Waals surface area contributed by atoms with Crippen LogP contribution in [-0.4, -0.2) is 44.6 Å². The van der Waals surface area contributed by atoms with Crippen LogP contribution < -0.4 is 10.6 Å². The number of rotatable bonds is 3. The molecule has 0 atom stereocenters. The predicted molar refractivity (Wildman–Crippen MR) is 139 cm³/mol. The van der Waals surface area contributed by atoms with Gasteiger partial charge in [0.2, 0.25) is 0 Å². The summed E-state index contributed by atoms with van der Waals surface area (Å²) in [5.41, 5.74) is 3.80. The molecule has 8 nitrogen and oxygen atoms in total. The number of hydrogen-bond acceptors (Lipinski definition) is 7. The molecule has 4 aliphatic rings. The number of carbonyl (C=O) groups excluding carboxylic acids is 3. The van der Waals surface area contributed by atoms with Gasteiger partial charge in [0.1, 0.15) is 0 Å². The summed E-state index contributed by atoms with van der Waals surface area (Å²) < 4.78 is 0. The van der Waals surface area contributed by atoms with Gasteiger partial charge in [0.15, 0.2) is 17.3 Å². The van der Waals surface area contributed by atoms with Gasteiger partial charge < -0.3 is 10.1 Å². The van der Waals surface area contributed by atoms with Crippen LogP contribution in [0.5, 0.6) is 0 Å². The summed E-state index contributed by atoms with van der Waals surface area (Å²) in [6.07, 6.45) is 12.5. The van der Waals surface area contributed by atoms with E-state index in [0.29, 0.717) is 39.1 Å². The number of ketones is 3. The van der Waals surface area contributed by atoms with E-state index in [1.165, 1.54) is 27.7 Å². The van der Waals surface area contributed by atoms with Gasteiger partial charge in [-0.3, -0.25) is 14.4 Å². The molecule has 0 saturated carbocycles. The van der Waals surface area contributed by atoms with Gasteiger partial charge in [-0.2, -0.15) is 0 Å². The van der Waals surface area contributed by atoms with E-state index in [2.05, 4.69) is 20.0 Å². The van der Waals surface area contributed by atoms with Crippen LogP contribution in [0.1, 0.15) is 33.4 Å². The Kier molecular flexibility index (Phi) is 5.44. The Morgan fingerprint density at radius 2 is 1.31 bits per heavy atom. The van der Waals surface area contributed by atoms with Crippen molar-refractivity contribution in [1.82, 2.24) is 4.98 Å². The average Bonchev–Trinajstić information content (AvgIpc) is 3.56. The number of aromatic amines is 1. The van der Waals surface area contributed by atoms with Crippen molar-refractivity contribution in [3.8, 4) is 0 Å². The van der Waals surface area contributed by atoms with Crippen LogP contribution in [0.4, 0.5) is 0 Å². The highest BCUT2D eigenvalue weighted by Gasteiger charge is 2.34. The fraction of sp³-hybridized carbons (Fsp3) is 0.143. The minimum Gasteiger partial charge on any atom is -0.512 e. The first-order valence-electron chi connectivity index (χ1n) is 11.3. The molecule has 1 aromatic rings. The number of aromatic nitrogens is 1. The fourth-order valence-electron chi connectivity index (χ4n) is 4.52. The first kappa shape index (κ1) is 23.0. The van der Waals surface area contributed by atoms with Crippen LogP contribution in [0.3, 0.4) is 0 Å². The highest BCUT2D eigenvalue weighted by Crippen LogP contribution is 2.31. The van der Waals surface area contributed by atoms with Crippen molar-refractivity contribution in [3.05, 3.63) is 87.0 Å². The van der Waals surface area contributed by atoms with Crippen molar-refractivity contribution in [2.45, 2.75) is 27.7 Å². The van der Waals surface area contributed by atoms with E-state index in [1.54, 1.807) is 24.3 Å². The second-order valence-electron chi connectivity index (χ2n) is 8.76. The summed E-state index contributed by atoms with van der Waals surface area (Å²) in [4.78, 5) is 55.6. The Bertz CT molecular complexity index is 1710. The van der Waals surface area contributed by atoms with Crippen molar-refractivity contribution in [2.75, 3.05) is 0 Å². The van der Waals surface area contributed by atoms with Crippen molar-refractivity contribution in [2.24, 2.45) is 15.0 Å². The lowest BCUT2D eigenvalue weighted by Gasteiger charge is -2.07. The van der Waals surface area contributed by atoms with Crippen molar-refractivity contribution in [1.29, 1.82) is 0 Å². The summed E-state index contributed by atoms with van der Waals surface area (Å²) in [7, 11) is 0. The minimum atomic E-state index is -0.402. The Hall–Kier alpha value is -4.72. The SMILES string of the molecule is CC(=O)C1=C(C(C)=O)C2=NC1=CC1=NC(=CC3=NC(=Cc4cc(=C(C)O)c([nH]4)=C2C(C)=O)C=C3)C=C1. The van der Waals surface area contributed by atoms with Crippen molar-refractivity contribution < 1.29 is 19.5 Å². The number of fused-ring (bicyclic) bond motifs is 5. The summed E-state index contributed by atoms with van der Waals surface area (Å²) in [6, 6.07) is 1.70. The molecular weight excluding hydrogens is 456 g/mol. The summed E-state index contributed by atoms with van der Waals surface area (Å²) in [5.74, 6) is -1.17. The summed E-state index contributed by atoms with van der Waals surface area (Å²) >= 11 is 0. The molecule has 36 heavy (non-hydrogen) atoms. The monoisotopic (exact) mass is 478 g/mol. The van der Waals surface area contributed by atoms with Crippen LogP contribution in [0.2, 0.25) is 0 Å². The largest absolute Gasteiger partial charge is 0.512 e. The van der Waals surface area contributed by atoms with E-state index < -0.39 is 5.78 Å². The molecule has 178 valence electrons. The smallest absolute Gasteiger partial charge is 0.164 e. The van der Waals surface area contributed by atoms with Crippen LogP contribution >= 0.6 is 0 Å². The normalized spacial score (nSPS) is 18.9. The maximum atomic E-state index is 13.0. The maximum absolute atomic E-state index is 13.0. The Morgan fingerprint density at radius 1 is 0.722 bits per heavy atom. The first-order valence-corrected chi connectivity index (χ1v) is 11.3. The number of allylic oxidation sites excluding steroid dienone is 8. The zero-order chi connectivity index (χ0) is 25.7. The topological polar surface area (TPSA) is 124 Å². The van der Waals surface area contributed by atoms with Crippen LogP contribution in [0.25, 0.3) is 17.4 Å². The molecule has 0 spiro atoms. The Labute approximate surface area is 206 Å². The van der Waals surface area contributed by atoms with Gasteiger partial charge in [-0.05, 0) is 76.3 Å². The molecule has 0 aliphatic carbocycles. The number of aliphatic hydroxyl groups excluding tert-OH is 1. The number of carbonyl (C=O) groups is 3. The highest BCUT2D eigenvalue weighted by molar-refractivity contribution is 6.53. The van der Waals surface area contributed by atoms with Crippen LogP contribution in [0, 0.1) is 0 Å². The molecule has 0 aromatic carbocycles. The quantitative estimate of drug-likeness (QED) is 0.693. The van der Waals surface area contributed by atoms with E-state index in [1.807, 2.05) is 24.3 Å². The van der Waals surface area contributed by atoms with Gasteiger partial charge in [-0.25, -0.2) is 15.0 Å². The Balaban J connectivity index is 1.95. The van der Waals surface area contributed by atoms with Gasteiger partial charge in [0.25, 0.3) is 0 Å². The fourth-order valence-corrected chi connectivity index (χ4v) is 4.52. The maximum Gasteiger partial charge on any atom is 0.164 e. The standard InChI is InChI=1S/C28H22N4O4/c1-13(33)22-11-21-10-19-6-5-17(29-19)9-18-7-8-20(30-18)12-23-24(14(2)34)25(15(3)35)28(32-23)26(16(4)36)27(22)31-21/h5-12,31,33H,1-4H3. The molecule has 0 saturated heterocycles. The van der Waals surface area contributed by atoms with Gasteiger partial charge >= 0.3 is 0 Å². The van der Waals surface area contributed by atoms with Gasteiger partial charge in [0.05, 0.1) is 62.1 Å². The van der Waals surface area contributed by atoms with Gasteiger partial charge in [0, 0.05) is 10.9 Å². The predicted octanol–water partition coefficient (Wildman–Crippen LogP) is 2.51. The number of Topliss-reactive ketones (excluding diaryl/α,β-unsaturated/α-hetero) is 3. The molecule has 0 amide bonds. The number of nitrogens with zero attached hydrogens (tertiary/aromatic N) is 3. The molecule has 8 bridgehead atoms. The molecule has 2 N–H and O–H groups in total. The first-order chi connectivity index (χ1) is 17.1. The lowest BCUT2D eigenvalue weighted by atomic mass is 9.92. The zero-order valence-electron chi connectivity index (χ0n) is 20.1. The second kappa shape index (κ2) is 8.49. The number of hydrogen-bond donors (Lipinski definition) is 2. The molecule has 0 unspecified atom stereocenters. The van der Waals surface area contributed by atoms with Crippen LogP contribution in [0.15, 0.2) is 85.7 Å². The molecular formula is C28H22N4O4. The number of nitrogens with one attached hydrogen (secondary N) is 1. The van der Waals surface area contributed by atoms with E-state index >= 15 is 0 Å². The lowest BCUT2D eigenvalue weighted by Crippen LogP contribution is -2.33. The van der Waals surface area contributed by atoms with E-state index in [9.17, 15) is 19.5 Å². The van der Waals surface area contributed by atoms with Crippen LogP contribution in [-0.2, 0) is 14.4 Å². The van der Waals surface area contributed by atoms with E-state index in [-0.39, 0.29) is 45.5 Å². The molecule has 8 heteroatoms. The molecule has 0 radical (unpaired) electrons.